The summed E-state index contributed by atoms with van der Waals surface area (Å²) in [5, 5.41) is 0.423. The molecular formula is C21H22FN3O3S2. The normalized spacial score (nSPS) is 22.2. The predicted molar refractivity (Wildman–Crippen MR) is 115 cm³/mol. The molecule has 2 aromatic carbocycles. The molecule has 5 rings (SSSR count). The van der Waals surface area contributed by atoms with Crippen LogP contribution < -0.4 is 4.74 Å². The summed E-state index contributed by atoms with van der Waals surface area (Å²) in [4.78, 5) is 6.72. The molecule has 2 saturated heterocycles. The average molecular weight is 448 g/mol. The number of benzene rings is 2. The van der Waals surface area contributed by atoms with Crippen LogP contribution in [0.2, 0.25) is 0 Å². The van der Waals surface area contributed by atoms with E-state index in [0.717, 1.165) is 25.9 Å². The summed E-state index contributed by atoms with van der Waals surface area (Å²) in [7, 11) is -3.10. The van der Waals surface area contributed by atoms with E-state index in [2.05, 4.69) is 9.88 Å². The number of halogens is 1. The van der Waals surface area contributed by atoms with E-state index >= 15 is 0 Å². The topological polar surface area (TPSA) is 62.7 Å². The van der Waals surface area contributed by atoms with Crippen molar-refractivity contribution in [2.24, 2.45) is 0 Å². The molecule has 158 valence electrons. The van der Waals surface area contributed by atoms with E-state index in [1.54, 1.807) is 16.4 Å². The van der Waals surface area contributed by atoms with E-state index in [0.29, 0.717) is 33.7 Å². The summed E-state index contributed by atoms with van der Waals surface area (Å²) in [6.45, 7) is 2.34. The molecule has 0 radical (unpaired) electrons. The minimum Gasteiger partial charge on any atom is -0.431 e. The summed E-state index contributed by atoms with van der Waals surface area (Å²) < 4.78 is 45.4. The van der Waals surface area contributed by atoms with Gasteiger partial charge in [0, 0.05) is 31.7 Å². The first kappa shape index (κ1) is 19.9. The van der Waals surface area contributed by atoms with Gasteiger partial charge in [-0.3, -0.25) is 4.90 Å². The fourth-order valence-electron chi connectivity index (χ4n) is 4.43. The van der Waals surface area contributed by atoms with Crippen molar-refractivity contribution in [1.82, 2.24) is 14.2 Å². The van der Waals surface area contributed by atoms with E-state index < -0.39 is 10.0 Å². The van der Waals surface area contributed by atoms with Gasteiger partial charge >= 0.3 is 0 Å². The van der Waals surface area contributed by atoms with Crippen LogP contribution in [-0.2, 0) is 16.4 Å². The van der Waals surface area contributed by atoms with Gasteiger partial charge < -0.3 is 4.74 Å². The first-order valence-corrected chi connectivity index (χ1v) is 12.6. The van der Waals surface area contributed by atoms with E-state index in [-0.39, 0.29) is 11.9 Å². The van der Waals surface area contributed by atoms with Crippen molar-refractivity contribution < 1.29 is 17.5 Å². The van der Waals surface area contributed by atoms with E-state index in [9.17, 15) is 12.8 Å². The van der Waals surface area contributed by atoms with Gasteiger partial charge in [-0.2, -0.15) is 4.31 Å². The van der Waals surface area contributed by atoms with Gasteiger partial charge in [0.2, 0.25) is 10.0 Å². The molecule has 6 nitrogen and oxygen atoms in total. The van der Waals surface area contributed by atoms with Crippen molar-refractivity contribution >= 4 is 31.6 Å². The molecule has 2 aliphatic heterocycles. The zero-order valence-electron chi connectivity index (χ0n) is 16.5. The van der Waals surface area contributed by atoms with Crippen molar-refractivity contribution in [3.63, 3.8) is 0 Å². The number of hydrogen-bond donors (Lipinski definition) is 0. The SMILES string of the molecule is CS(=O)(=O)N1C[C@@H]2C[C@@H]1CN2CCc1ccc(Oc2nc3cccc(F)c3s2)cc1. The average Bonchev–Trinajstić information content (AvgIpc) is 3.41. The summed E-state index contributed by atoms with van der Waals surface area (Å²) >= 11 is 1.20. The fraction of sp³-hybridized carbons (Fsp3) is 0.381. The number of thiazole rings is 1. The zero-order chi connectivity index (χ0) is 20.9. The summed E-state index contributed by atoms with van der Waals surface area (Å²) in [6.07, 6.45) is 3.13. The van der Waals surface area contributed by atoms with Gasteiger partial charge in [-0.1, -0.05) is 29.5 Å². The van der Waals surface area contributed by atoms with Crippen LogP contribution in [0.25, 0.3) is 10.2 Å². The highest BCUT2D eigenvalue weighted by molar-refractivity contribution is 7.88. The monoisotopic (exact) mass is 447 g/mol. The maximum Gasteiger partial charge on any atom is 0.279 e. The molecule has 9 heteroatoms. The van der Waals surface area contributed by atoms with Crippen LogP contribution in [-0.4, -0.2) is 60.6 Å². The Bertz CT molecular complexity index is 1180. The number of aromatic nitrogens is 1. The van der Waals surface area contributed by atoms with Crippen molar-refractivity contribution in [2.75, 3.05) is 25.9 Å². The zero-order valence-corrected chi connectivity index (χ0v) is 18.1. The van der Waals surface area contributed by atoms with Crippen LogP contribution in [0.5, 0.6) is 10.9 Å². The molecule has 1 aromatic heterocycles. The molecule has 0 aliphatic carbocycles. The number of likely N-dealkylation sites (tertiary alicyclic amines) is 1. The molecule has 3 aromatic rings. The lowest BCUT2D eigenvalue weighted by molar-refractivity contribution is 0.184. The van der Waals surface area contributed by atoms with E-state index in [4.69, 9.17) is 4.74 Å². The number of ether oxygens (including phenoxy) is 1. The van der Waals surface area contributed by atoms with Crippen molar-refractivity contribution in [1.29, 1.82) is 0 Å². The van der Waals surface area contributed by atoms with Crippen LogP contribution in [0.1, 0.15) is 12.0 Å². The second-order valence-corrected chi connectivity index (χ2v) is 10.8. The minimum absolute atomic E-state index is 0.124. The Balaban J connectivity index is 1.18. The largest absolute Gasteiger partial charge is 0.431 e. The Morgan fingerprint density at radius 2 is 1.97 bits per heavy atom. The molecule has 0 N–H and O–H groups in total. The summed E-state index contributed by atoms with van der Waals surface area (Å²) in [6, 6.07) is 13.1. The maximum atomic E-state index is 13.8. The number of nitrogens with zero attached hydrogens (tertiary/aromatic N) is 3. The van der Waals surface area contributed by atoms with Gasteiger partial charge in [0.15, 0.2) is 0 Å². The molecule has 0 saturated carbocycles. The smallest absolute Gasteiger partial charge is 0.279 e. The molecule has 2 atom stereocenters. The second kappa shape index (κ2) is 7.56. The Kier molecular flexibility index (Phi) is 5.01. The minimum atomic E-state index is -3.10. The third kappa shape index (κ3) is 3.82. The Hall–Kier alpha value is -2.07. The number of rotatable bonds is 6. The molecule has 0 spiro atoms. The Labute approximate surface area is 178 Å². The lowest BCUT2D eigenvalue weighted by Gasteiger charge is -2.32. The standard InChI is InChI=1S/C21H22FN3O3S2/c1-30(26,27)25-13-15-11-16(25)12-24(15)10-9-14-5-7-17(8-6-14)28-21-23-19-4-2-3-18(22)20(19)29-21/h2-8,15-16H,9-13H2,1H3/t15-,16+/m0/s1. The highest BCUT2D eigenvalue weighted by Gasteiger charge is 2.46. The third-order valence-electron chi connectivity index (χ3n) is 5.89. The molecule has 2 bridgehead atoms. The predicted octanol–water partition coefficient (Wildman–Crippen LogP) is 3.49. The molecule has 3 heterocycles. The first-order chi connectivity index (χ1) is 14.4. The molecule has 0 amide bonds. The van der Waals surface area contributed by atoms with E-state index in [1.165, 1.54) is 29.2 Å². The number of hydrogen-bond acceptors (Lipinski definition) is 6. The van der Waals surface area contributed by atoms with Gasteiger partial charge in [-0.15, -0.1) is 0 Å². The number of fused-ring (bicyclic) bond motifs is 3. The van der Waals surface area contributed by atoms with Crippen LogP contribution in [0, 0.1) is 5.82 Å². The first-order valence-electron chi connectivity index (χ1n) is 9.89. The van der Waals surface area contributed by atoms with Gasteiger partial charge in [0.05, 0.1) is 16.5 Å². The molecule has 30 heavy (non-hydrogen) atoms. The van der Waals surface area contributed by atoms with Crippen molar-refractivity contribution in [3.05, 3.63) is 53.8 Å². The van der Waals surface area contributed by atoms with E-state index in [1.807, 2.05) is 24.3 Å². The molecule has 2 fully saturated rings. The number of piperazine rings is 1. The second-order valence-electron chi connectivity index (χ2n) is 7.93. The highest BCUT2D eigenvalue weighted by atomic mass is 32.2. The van der Waals surface area contributed by atoms with Gasteiger partial charge in [-0.25, -0.2) is 17.8 Å². The van der Waals surface area contributed by atoms with Crippen LogP contribution in [0.3, 0.4) is 0 Å². The van der Waals surface area contributed by atoms with Crippen LogP contribution in [0.4, 0.5) is 4.39 Å². The summed E-state index contributed by atoms with van der Waals surface area (Å²) in [5.41, 5.74) is 1.79. The maximum absolute atomic E-state index is 13.8. The summed E-state index contributed by atoms with van der Waals surface area (Å²) in [5.74, 6) is 0.382. The van der Waals surface area contributed by atoms with Gasteiger partial charge in [0.1, 0.15) is 11.6 Å². The van der Waals surface area contributed by atoms with Crippen LogP contribution in [0.15, 0.2) is 42.5 Å². The lowest BCUT2D eigenvalue weighted by atomic mass is 10.1. The van der Waals surface area contributed by atoms with Crippen molar-refractivity contribution in [3.8, 4) is 10.9 Å². The van der Waals surface area contributed by atoms with Gasteiger partial charge in [-0.05, 0) is 42.7 Å². The van der Waals surface area contributed by atoms with Crippen molar-refractivity contribution in [2.45, 2.75) is 24.9 Å². The molecular weight excluding hydrogens is 425 g/mol. The highest BCUT2D eigenvalue weighted by Crippen LogP contribution is 2.34. The molecule has 0 unspecified atom stereocenters. The lowest BCUT2D eigenvalue weighted by Crippen LogP contribution is -2.48. The molecule has 2 aliphatic rings. The fourth-order valence-corrected chi connectivity index (χ4v) is 6.41. The quantitative estimate of drug-likeness (QED) is 0.579. The Morgan fingerprint density at radius 1 is 1.17 bits per heavy atom. The Morgan fingerprint density at radius 3 is 2.63 bits per heavy atom. The van der Waals surface area contributed by atoms with Gasteiger partial charge in [0.25, 0.3) is 5.19 Å². The number of sulfonamides is 1. The third-order valence-corrected chi connectivity index (χ3v) is 8.15. The van der Waals surface area contributed by atoms with Crippen LogP contribution >= 0.6 is 11.3 Å².